The van der Waals surface area contributed by atoms with Crippen molar-refractivity contribution in [1.29, 1.82) is 0 Å². The molecule has 0 unspecified atom stereocenters. The Morgan fingerprint density at radius 3 is 2.67 bits per heavy atom. The van der Waals surface area contributed by atoms with Crippen molar-refractivity contribution in [2.75, 3.05) is 11.9 Å². The van der Waals surface area contributed by atoms with Gasteiger partial charge in [0.1, 0.15) is 17.6 Å². The van der Waals surface area contributed by atoms with Crippen LogP contribution in [0.5, 0.6) is 17.4 Å². The fourth-order valence-corrected chi connectivity index (χ4v) is 3.55. The van der Waals surface area contributed by atoms with E-state index in [1.165, 1.54) is 6.33 Å². The number of rotatable bonds is 9. The molecule has 2 heterocycles. The minimum absolute atomic E-state index is 0.0130. The lowest BCUT2D eigenvalue weighted by molar-refractivity contribution is -0.385. The highest BCUT2D eigenvalue weighted by molar-refractivity contribution is 9.10. The zero-order valence-corrected chi connectivity index (χ0v) is 19.3. The number of nitrogens with zero attached hydrogens (tertiary/aromatic N) is 4. The van der Waals surface area contributed by atoms with Crippen LogP contribution < -0.4 is 14.8 Å². The van der Waals surface area contributed by atoms with E-state index in [4.69, 9.17) is 9.47 Å². The van der Waals surface area contributed by atoms with Gasteiger partial charge >= 0.3 is 11.6 Å². The van der Waals surface area contributed by atoms with E-state index in [2.05, 4.69) is 43.1 Å². The first kappa shape index (κ1) is 22.4. The number of pyridine rings is 1. The fraction of sp³-hybridized carbons (Fsp3) is 0.174. The van der Waals surface area contributed by atoms with Gasteiger partial charge in [-0.15, -0.1) is 0 Å². The van der Waals surface area contributed by atoms with Crippen LogP contribution in [0.1, 0.15) is 19.8 Å². The number of benzene rings is 2. The molecule has 2 aromatic carbocycles. The van der Waals surface area contributed by atoms with Crippen molar-refractivity contribution >= 4 is 44.0 Å². The fourth-order valence-electron chi connectivity index (χ4n) is 3.10. The van der Waals surface area contributed by atoms with Gasteiger partial charge in [-0.2, -0.15) is 4.98 Å². The molecular weight excluding hydrogens is 490 g/mol. The van der Waals surface area contributed by atoms with Crippen molar-refractivity contribution < 1.29 is 14.4 Å². The largest absolute Gasteiger partial charge is 0.494 e. The number of hydrogen-bond donors (Lipinski definition) is 1. The molecule has 0 aliphatic carbocycles. The van der Waals surface area contributed by atoms with E-state index in [9.17, 15) is 10.1 Å². The number of unbranched alkanes of at least 4 members (excludes halogenated alkanes) is 1. The molecule has 0 bridgehead atoms. The number of ether oxygens (including phenoxy) is 2. The summed E-state index contributed by atoms with van der Waals surface area (Å²) in [6, 6.07) is 14.2. The number of aromatic nitrogens is 3. The summed E-state index contributed by atoms with van der Waals surface area (Å²) in [4.78, 5) is 23.7. The maximum absolute atomic E-state index is 11.9. The van der Waals surface area contributed by atoms with Crippen LogP contribution >= 0.6 is 15.9 Å². The molecule has 0 amide bonds. The lowest BCUT2D eigenvalue weighted by Crippen LogP contribution is -2.04. The van der Waals surface area contributed by atoms with Gasteiger partial charge in [0, 0.05) is 21.7 Å². The monoisotopic (exact) mass is 509 g/mol. The predicted octanol–water partition coefficient (Wildman–Crippen LogP) is 6.41. The molecule has 4 rings (SSSR count). The van der Waals surface area contributed by atoms with Crippen LogP contribution in [0.4, 0.5) is 17.2 Å². The summed E-state index contributed by atoms with van der Waals surface area (Å²) in [7, 11) is 0. The Morgan fingerprint density at radius 2 is 1.91 bits per heavy atom. The van der Waals surface area contributed by atoms with Gasteiger partial charge in [-0.25, -0.2) is 4.98 Å². The van der Waals surface area contributed by atoms with Crippen LogP contribution in [-0.2, 0) is 0 Å². The lowest BCUT2D eigenvalue weighted by Gasteiger charge is -2.11. The van der Waals surface area contributed by atoms with Gasteiger partial charge in [-0.05, 0) is 48.9 Å². The molecule has 168 valence electrons. The van der Waals surface area contributed by atoms with E-state index < -0.39 is 4.92 Å². The van der Waals surface area contributed by atoms with E-state index in [0.29, 0.717) is 23.6 Å². The highest BCUT2D eigenvalue weighted by Crippen LogP contribution is 2.38. The maximum atomic E-state index is 11.9. The van der Waals surface area contributed by atoms with E-state index in [-0.39, 0.29) is 17.4 Å². The molecular formula is C23H20BrN5O4. The van der Waals surface area contributed by atoms with Crippen LogP contribution in [0.3, 0.4) is 0 Å². The van der Waals surface area contributed by atoms with Crippen molar-refractivity contribution in [3.05, 3.63) is 75.6 Å². The second-order valence-electron chi connectivity index (χ2n) is 7.03. The van der Waals surface area contributed by atoms with Crippen LogP contribution in [0.15, 0.2) is 65.5 Å². The predicted molar refractivity (Wildman–Crippen MR) is 128 cm³/mol. The Morgan fingerprint density at radius 1 is 1.09 bits per heavy atom. The summed E-state index contributed by atoms with van der Waals surface area (Å²) in [6.07, 6.45) is 4.85. The molecule has 2 aromatic heterocycles. The first-order valence-corrected chi connectivity index (χ1v) is 11.1. The standard InChI is InChI=1S/C23H20BrN5O4/c1-2-3-13-32-16-8-6-15(7-9-16)28-22-21(29(30)31)23(27-14-26-22)33-19-11-10-18(24)17-5-4-12-25-20(17)19/h4-12,14H,2-3,13H2,1H3,(H,26,27,28). The zero-order chi connectivity index (χ0) is 23.2. The van der Waals surface area contributed by atoms with E-state index in [1.54, 1.807) is 48.7 Å². The summed E-state index contributed by atoms with van der Waals surface area (Å²) in [6.45, 7) is 2.74. The number of nitrogens with one attached hydrogen (secondary N) is 1. The molecule has 9 nitrogen and oxygen atoms in total. The van der Waals surface area contributed by atoms with Crippen molar-refractivity contribution in [2.24, 2.45) is 0 Å². The third-order valence-corrected chi connectivity index (χ3v) is 5.43. The highest BCUT2D eigenvalue weighted by Gasteiger charge is 2.26. The molecule has 0 saturated carbocycles. The Balaban J connectivity index is 1.62. The van der Waals surface area contributed by atoms with Crippen LogP contribution in [0, 0.1) is 10.1 Å². The van der Waals surface area contributed by atoms with E-state index in [0.717, 1.165) is 28.5 Å². The lowest BCUT2D eigenvalue weighted by atomic mass is 10.2. The minimum atomic E-state index is -0.575. The molecule has 0 aliphatic heterocycles. The molecule has 10 heteroatoms. The molecule has 0 saturated heterocycles. The summed E-state index contributed by atoms with van der Waals surface area (Å²) in [5.74, 6) is 0.894. The Hall–Kier alpha value is -3.79. The molecule has 0 fully saturated rings. The quantitative estimate of drug-likeness (QED) is 0.156. The van der Waals surface area contributed by atoms with Crippen molar-refractivity contribution in [3.63, 3.8) is 0 Å². The minimum Gasteiger partial charge on any atom is -0.494 e. The van der Waals surface area contributed by atoms with E-state index >= 15 is 0 Å². The number of hydrogen-bond acceptors (Lipinski definition) is 8. The van der Waals surface area contributed by atoms with Crippen molar-refractivity contribution in [3.8, 4) is 17.4 Å². The van der Waals surface area contributed by atoms with Crippen molar-refractivity contribution in [2.45, 2.75) is 19.8 Å². The van der Waals surface area contributed by atoms with Gasteiger partial charge in [0.2, 0.25) is 5.82 Å². The zero-order valence-electron chi connectivity index (χ0n) is 17.7. The Kier molecular flexibility index (Phi) is 6.94. The molecule has 0 aliphatic rings. The van der Waals surface area contributed by atoms with Gasteiger partial charge < -0.3 is 14.8 Å². The molecule has 4 aromatic rings. The molecule has 0 atom stereocenters. The average Bonchev–Trinajstić information content (AvgIpc) is 2.82. The van der Waals surface area contributed by atoms with Crippen LogP contribution in [0.25, 0.3) is 10.9 Å². The van der Waals surface area contributed by atoms with E-state index in [1.807, 2.05) is 6.07 Å². The smallest absolute Gasteiger partial charge is 0.373 e. The molecule has 1 N–H and O–H groups in total. The first-order chi connectivity index (χ1) is 16.1. The maximum Gasteiger partial charge on any atom is 0.373 e. The molecule has 33 heavy (non-hydrogen) atoms. The number of nitro groups is 1. The second kappa shape index (κ2) is 10.2. The Labute approximate surface area is 198 Å². The van der Waals surface area contributed by atoms with Crippen LogP contribution in [-0.4, -0.2) is 26.5 Å². The summed E-state index contributed by atoms with van der Waals surface area (Å²) in [5, 5.41) is 15.7. The number of fused-ring (bicyclic) bond motifs is 1. The summed E-state index contributed by atoms with van der Waals surface area (Å²) >= 11 is 3.48. The number of halogens is 1. The second-order valence-corrected chi connectivity index (χ2v) is 7.89. The normalized spacial score (nSPS) is 10.7. The summed E-state index contributed by atoms with van der Waals surface area (Å²) < 4.78 is 12.3. The van der Waals surface area contributed by atoms with Crippen molar-refractivity contribution in [1.82, 2.24) is 15.0 Å². The highest BCUT2D eigenvalue weighted by atomic mass is 79.9. The SMILES string of the molecule is CCCCOc1ccc(Nc2ncnc(Oc3ccc(Br)c4cccnc34)c2[N+](=O)[O-])cc1. The topological polar surface area (TPSA) is 112 Å². The molecule has 0 spiro atoms. The summed E-state index contributed by atoms with van der Waals surface area (Å²) in [5.41, 5.74) is 0.780. The van der Waals surface area contributed by atoms with Gasteiger partial charge in [0.15, 0.2) is 5.75 Å². The van der Waals surface area contributed by atoms with Gasteiger partial charge in [-0.1, -0.05) is 35.3 Å². The van der Waals surface area contributed by atoms with Gasteiger partial charge in [0.25, 0.3) is 0 Å². The number of anilines is 2. The van der Waals surface area contributed by atoms with Crippen LogP contribution in [0.2, 0.25) is 0 Å². The first-order valence-electron chi connectivity index (χ1n) is 10.3. The molecule has 0 radical (unpaired) electrons. The average molecular weight is 510 g/mol. The van der Waals surface area contributed by atoms with Gasteiger partial charge in [0.05, 0.1) is 11.5 Å². The van der Waals surface area contributed by atoms with Gasteiger partial charge in [-0.3, -0.25) is 15.1 Å². The Bertz CT molecular complexity index is 1280. The third-order valence-electron chi connectivity index (χ3n) is 4.74. The third kappa shape index (κ3) is 5.17.